The SMILES string of the molecule is CC1C=C(CNN(N)c2ccccc2)C=CC1. The Labute approximate surface area is 103 Å². The van der Waals surface area contributed by atoms with E-state index >= 15 is 0 Å². The molecule has 1 unspecified atom stereocenters. The van der Waals surface area contributed by atoms with E-state index in [1.165, 1.54) is 5.57 Å². The lowest BCUT2D eigenvalue weighted by molar-refractivity contribution is 0.667. The second-order valence-electron chi connectivity index (χ2n) is 4.40. The minimum Gasteiger partial charge on any atom is -0.244 e. The Morgan fingerprint density at radius 2 is 2.12 bits per heavy atom. The summed E-state index contributed by atoms with van der Waals surface area (Å²) in [5.74, 6) is 6.54. The van der Waals surface area contributed by atoms with Gasteiger partial charge < -0.3 is 0 Å². The Balaban J connectivity index is 1.88. The molecular formula is C14H19N3. The molecule has 0 amide bonds. The number of hydrogen-bond donors (Lipinski definition) is 2. The summed E-state index contributed by atoms with van der Waals surface area (Å²) >= 11 is 0. The van der Waals surface area contributed by atoms with Gasteiger partial charge in [-0.05, 0) is 30.0 Å². The molecule has 0 heterocycles. The van der Waals surface area contributed by atoms with Gasteiger partial charge in [0.15, 0.2) is 0 Å². The van der Waals surface area contributed by atoms with E-state index in [1.807, 2.05) is 30.3 Å². The normalized spacial score (nSPS) is 18.9. The van der Waals surface area contributed by atoms with Gasteiger partial charge in [0.1, 0.15) is 0 Å². The van der Waals surface area contributed by atoms with E-state index in [4.69, 9.17) is 5.84 Å². The van der Waals surface area contributed by atoms with Crippen LogP contribution in [0.4, 0.5) is 5.69 Å². The highest BCUT2D eigenvalue weighted by molar-refractivity contribution is 5.43. The van der Waals surface area contributed by atoms with Gasteiger partial charge in [0.2, 0.25) is 0 Å². The molecule has 1 aromatic carbocycles. The summed E-state index contributed by atoms with van der Waals surface area (Å²) in [5, 5.41) is 1.56. The average Bonchev–Trinajstić information content (AvgIpc) is 2.37. The molecule has 0 radical (unpaired) electrons. The van der Waals surface area contributed by atoms with Crippen molar-refractivity contribution >= 4 is 5.69 Å². The van der Waals surface area contributed by atoms with Gasteiger partial charge in [-0.2, -0.15) is 0 Å². The summed E-state index contributed by atoms with van der Waals surface area (Å²) in [5.41, 5.74) is 5.43. The van der Waals surface area contributed by atoms with Crippen LogP contribution in [0.2, 0.25) is 0 Å². The second-order valence-corrected chi connectivity index (χ2v) is 4.40. The van der Waals surface area contributed by atoms with E-state index in [1.54, 1.807) is 5.12 Å². The van der Waals surface area contributed by atoms with Gasteiger partial charge in [-0.15, -0.1) is 0 Å². The zero-order chi connectivity index (χ0) is 12.1. The predicted octanol–water partition coefficient (Wildman–Crippen LogP) is 2.39. The Morgan fingerprint density at radius 1 is 1.35 bits per heavy atom. The molecule has 3 heteroatoms. The fraction of sp³-hybridized carbons (Fsp3) is 0.286. The van der Waals surface area contributed by atoms with Crippen LogP contribution in [0.25, 0.3) is 0 Å². The standard InChI is InChI=1S/C14H19N3/c1-12-6-5-7-13(10-12)11-16-17(15)14-8-3-2-4-9-14/h2-5,7-10,12,16H,6,11,15H2,1H3. The summed E-state index contributed by atoms with van der Waals surface area (Å²) in [6.45, 7) is 2.98. The first kappa shape index (κ1) is 11.9. The average molecular weight is 229 g/mol. The summed E-state index contributed by atoms with van der Waals surface area (Å²) in [6, 6.07) is 9.87. The highest BCUT2D eigenvalue weighted by Gasteiger charge is 2.05. The van der Waals surface area contributed by atoms with Crippen LogP contribution in [0, 0.1) is 5.92 Å². The number of para-hydroxylation sites is 1. The monoisotopic (exact) mass is 229 g/mol. The second kappa shape index (κ2) is 5.66. The number of hydrogen-bond acceptors (Lipinski definition) is 3. The Morgan fingerprint density at radius 3 is 2.82 bits per heavy atom. The molecule has 0 saturated heterocycles. The maximum absolute atomic E-state index is 5.92. The molecule has 3 N–H and O–H groups in total. The van der Waals surface area contributed by atoms with Crippen molar-refractivity contribution in [2.45, 2.75) is 13.3 Å². The van der Waals surface area contributed by atoms with Crippen LogP contribution in [0.5, 0.6) is 0 Å². The van der Waals surface area contributed by atoms with Gasteiger partial charge in [-0.3, -0.25) is 0 Å². The van der Waals surface area contributed by atoms with Gasteiger partial charge >= 0.3 is 0 Å². The fourth-order valence-electron chi connectivity index (χ4n) is 1.90. The molecule has 0 fully saturated rings. The molecular weight excluding hydrogens is 210 g/mol. The number of benzene rings is 1. The lowest BCUT2D eigenvalue weighted by Gasteiger charge is -2.21. The van der Waals surface area contributed by atoms with E-state index in [-0.39, 0.29) is 0 Å². The minimum atomic E-state index is 0.625. The van der Waals surface area contributed by atoms with Crippen LogP contribution >= 0.6 is 0 Å². The number of nitrogens with one attached hydrogen (secondary N) is 1. The summed E-state index contributed by atoms with van der Waals surface area (Å²) in [6.07, 6.45) is 7.79. The summed E-state index contributed by atoms with van der Waals surface area (Å²) in [4.78, 5) is 0. The van der Waals surface area contributed by atoms with Crippen molar-refractivity contribution in [1.29, 1.82) is 0 Å². The third kappa shape index (κ3) is 3.44. The molecule has 0 aromatic heterocycles. The number of nitrogens with two attached hydrogens (primary N) is 1. The first-order chi connectivity index (χ1) is 8.25. The fourth-order valence-corrected chi connectivity index (χ4v) is 1.90. The molecule has 2 rings (SSSR count). The minimum absolute atomic E-state index is 0.625. The van der Waals surface area contributed by atoms with Crippen LogP contribution in [0.1, 0.15) is 13.3 Å². The van der Waals surface area contributed by atoms with Crippen molar-refractivity contribution < 1.29 is 0 Å². The summed E-state index contributed by atoms with van der Waals surface area (Å²) in [7, 11) is 0. The van der Waals surface area contributed by atoms with Gasteiger partial charge in [0.25, 0.3) is 0 Å². The lowest BCUT2D eigenvalue weighted by Crippen LogP contribution is -2.44. The van der Waals surface area contributed by atoms with Crippen molar-refractivity contribution in [3.8, 4) is 0 Å². The molecule has 0 spiro atoms. The number of anilines is 1. The molecule has 0 aliphatic heterocycles. The van der Waals surface area contributed by atoms with Gasteiger partial charge in [-0.1, -0.05) is 43.4 Å². The Kier molecular flexibility index (Phi) is 3.96. The first-order valence-corrected chi connectivity index (χ1v) is 5.96. The lowest BCUT2D eigenvalue weighted by atomic mass is 9.98. The molecule has 0 bridgehead atoms. The Bertz CT molecular complexity index is 409. The van der Waals surface area contributed by atoms with E-state index in [9.17, 15) is 0 Å². The van der Waals surface area contributed by atoms with Crippen molar-refractivity contribution in [1.82, 2.24) is 5.43 Å². The van der Waals surface area contributed by atoms with Crippen LogP contribution in [-0.2, 0) is 0 Å². The number of nitrogens with zero attached hydrogens (tertiary/aromatic N) is 1. The molecule has 1 aliphatic rings. The first-order valence-electron chi connectivity index (χ1n) is 5.96. The highest BCUT2D eigenvalue weighted by Crippen LogP contribution is 2.15. The molecule has 1 aromatic rings. The van der Waals surface area contributed by atoms with E-state index < -0.39 is 0 Å². The zero-order valence-electron chi connectivity index (χ0n) is 10.1. The maximum atomic E-state index is 5.92. The largest absolute Gasteiger partial charge is 0.244 e. The molecule has 90 valence electrons. The quantitative estimate of drug-likeness (QED) is 0.615. The molecule has 17 heavy (non-hydrogen) atoms. The number of rotatable bonds is 4. The van der Waals surface area contributed by atoms with Crippen molar-refractivity contribution in [3.05, 3.63) is 54.1 Å². The third-order valence-electron chi connectivity index (χ3n) is 2.83. The number of allylic oxidation sites excluding steroid dienone is 2. The van der Waals surface area contributed by atoms with Crippen LogP contribution in [0.3, 0.4) is 0 Å². The van der Waals surface area contributed by atoms with Crippen LogP contribution < -0.4 is 16.4 Å². The van der Waals surface area contributed by atoms with Crippen molar-refractivity contribution in [2.24, 2.45) is 11.8 Å². The molecule has 3 nitrogen and oxygen atoms in total. The van der Waals surface area contributed by atoms with E-state index in [2.05, 4.69) is 30.6 Å². The molecule has 1 atom stereocenters. The predicted molar refractivity (Wildman–Crippen MR) is 72.1 cm³/mol. The van der Waals surface area contributed by atoms with Gasteiger partial charge in [-0.25, -0.2) is 16.4 Å². The maximum Gasteiger partial charge on any atom is 0.0699 e. The summed E-state index contributed by atoms with van der Waals surface area (Å²) < 4.78 is 0. The molecule has 0 saturated carbocycles. The van der Waals surface area contributed by atoms with Gasteiger partial charge in [0.05, 0.1) is 5.69 Å². The van der Waals surface area contributed by atoms with Crippen LogP contribution in [-0.4, -0.2) is 6.54 Å². The smallest absolute Gasteiger partial charge is 0.0699 e. The van der Waals surface area contributed by atoms with E-state index in [0.717, 1.165) is 18.7 Å². The zero-order valence-corrected chi connectivity index (χ0v) is 10.1. The van der Waals surface area contributed by atoms with Crippen molar-refractivity contribution in [2.75, 3.05) is 11.7 Å². The van der Waals surface area contributed by atoms with Crippen molar-refractivity contribution in [3.63, 3.8) is 0 Å². The van der Waals surface area contributed by atoms with E-state index in [0.29, 0.717) is 5.92 Å². The van der Waals surface area contributed by atoms with Gasteiger partial charge in [0, 0.05) is 6.54 Å². The van der Waals surface area contributed by atoms with Crippen LogP contribution in [0.15, 0.2) is 54.1 Å². The molecule has 1 aliphatic carbocycles. The third-order valence-corrected chi connectivity index (χ3v) is 2.83. The Hall–Kier alpha value is -1.58. The topological polar surface area (TPSA) is 41.3 Å². The number of hydrazine groups is 2. The highest BCUT2D eigenvalue weighted by atomic mass is 15.7.